The normalized spacial score (nSPS) is 16.7. The van der Waals surface area contributed by atoms with Crippen LogP contribution in [-0.2, 0) is 9.63 Å². The highest BCUT2D eigenvalue weighted by Crippen LogP contribution is 2.21. The smallest absolute Gasteiger partial charge is 0.217 e. The van der Waals surface area contributed by atoms with Crippen molar-refractivity contribution in [1.29, 1.82) is 0 Å². The molecule has 25 heavy (non-hydrogen) atoms. The number of nitrogens with zero attached hydrogens (tertiary/aromatic N) is 3. The number of benzene rings is 1. The van der Waals surface area contributed by atoms with Crippen LogP contribution in [0.4, 0.5) is 4.39 Å². The summed E-state index contributed by atoms with van der Waals surface area (Å²) in [6, 6.07) is 6.52. The van der Waals surface area contributed by atoms with E-state index in [4.69, 9.17) is 10.0 Å². The third kappa shape index (κ3) is 3.85. The van der Waals surface area contributed by atoms with Crippen LogP contribution in [0.25, 0.3) is 5.69 Å². The number of hydrogen-bond donors (Lipinski definition) is 2. The summed E-state index contributed by atoms with van der Waals surface area (Å²) < 4.78 is 16.1. The summed E-state index contributed by atoms with van der Waals surface area (Å²) in [4.78, 5) is 16.2. The van der Waals surface area contributed by atoms with Gasteiger partial charge in [0.15, 0.2) is 0 Å². The third-order valence-corrected chi connectivity index (χ3v) is 3.79. The Bertz CT molecular complexity index is 844. The van der Waals surface area contributed by atoms with Crippen molar-refractivity contribution in [2.45, 2.75) is 19.4 Å². The quantitative estimate of drug-likeness (QED) is 0.494. The van der Waals surface area contributed by atoms with Gasteiger partial charge in [0.25, 0.3) is 0 Å². The van der Waals surface area contributed by atoms with Gasteiger partial charge < -0.3 is 19.9 Å². The van der Waals surface area contributed by atoms with Gasteiger partial charge in [-0.25, -0.2) is 4.39 Å². The number of carbonyl (C=O) groups is 1. The number of rotatable bonds is 5. The Morgan fingerprint density at radius 2 is 2.40 bits per heavy atom. The monoisotopic (exact) mass is 344 g/mol. The molecule has 0 bridgehead atoms. The highest BCUT2D eigenvalue weighted by atomic mass is 19.1. The van der Waals surface area contributed by atoms with E-state index in [2.05, 4.69) is 15.6 Å². The van der Waals surface area contributed by atoms with Crippen molar-refractivity contribution in [3.8, 4) is 5.69 Å². The van der Waals surface area contributed by atoms with Gasteiger partial charge >= 0.3 is 0 Å². The molecule has 0 saturated heterocycles. The Morgan fingerprint density at radius 3 is 3.12 bits per heavy atom. The maximum Gasteiger partial charge on any atom is 0.217 e. The van der Waals surface area contributed by atoms with Crippen molar-refractivity contribution < 1.29 is 19.2 Å². The maximum atomic E-state index is 14.5. The van der Waals surface area contributed by atoms with Crippen LogP contribution < -0.4 is 5.32 Å². The lowest BCUT2D eigenvalue weighted by atomic mass is 10.0. The minimum atomic E-state index is -0.409. The fourth-order valence-electron chi connectivity index (χ4n) is 2.57. The fourth-order valence-corrected chi connectivity index (χ4v) is 2.57. The second-order valence-electron chi connectivity index (χ2n) is 5.67. The molecule has 0 fully saturated rings. The summed E-state index contributed by atoms with van der Waals surface area (Å²) in [7, 11) is 0. The van der Waals surface area contributed by atoms with Crippen LogP contribution in [0, 0.1) is 5.82 Å². The molecule has 1 aliphatic heterocycles. The van der Waals surface area contributed by atoms with E-state index in [0.717, 1.165) is 0 Å². The van der Waals surface area contributed by atoms with E-state index in [-0.39, 0.29) is 12.0 Å². The van der Waals surface area contributed by atoms with E-state index < -0.39 is 5.82 Å². The molecule has 2 N–H and O–H groups in total. The number of oxime groups is 2. The molecule has 1 atom stereocenters. The first kappa shape index (κ1) is 16.7. The molecule has 0 aliphatic carbocycles. The highest BCUT2D eigenvalue weighted by Gasteiger charge is 2.23. The van der Waals surface area contributed by atoms with Crippen LogP contribution in [-0.4, -0.2) is 40.3 Å². The third-order valence-electron chi connectivity index (χ3n) is 3.79. The van der Waals surface area contributed by atoms with Gasteiger partial charge in [0, 0.05) is 36.9 Å². The van der Waals surface area contributed by atoms with Gasteiger partial charge in [-0.1, -0.05) is 16.4 Å². The summed E-state index contributed by atoms with van der Waals surface area (Å²) in [5.74, 6) is -0.543. The van der Waals surface area contributed by atoms with Crippen LogP contribution in [0.2, 0.25) is 0 Å². The number of nitrogens with one attached hydrogen (secondary N) is 1. The van der Waals surface area contributed by atoms with Crippen molar-refractivity contribution in [1.82, 2.24) is 9.88 Å². The topological polar surface area (TPSA) is 88.2 Å². The predicted octanol–water partition coefficient (Wildman–Crippen LogP) is 2.05. The fraction of sp³-hybridized carbons (Fsp3) is 0.235. The Labute approximate surface area is 143 Å². The van der Waals surface area contributed by atoms with Crippen LogP contribution in [0.15, 0.2) is 47.0 Å². The first-order valence-corrected chi connectivity index (χ1v) is 7.69. The average molecular weight is 344 g/mol. The van der Waals surface area contributed by atoms with Crippen LogP contribution >= 0.6 is 0 Å². The van der Waals surface area contributed by atoms with Gasteiger partial charge in [-0.05, 0) is 18.2 Å². The summed E-state index contributed by atoms with van der Waals surface area (Å²) in [5, 5.41) is 18.1. The average Bonchev–Trinajstić information content (AvgIpc) is 3.22. The minimum absolute atomic E-state index is 0.134. The van der Waals surface area contributed by atoms with E-state index in [1.807, 2.05) is 0 Å². The van der Waals surface area contributed by atoms with Gasteiger partial charge in [0.05, 0.1) is 24.2 Å². The van der Waals surface area contributed by atoms with Crippen molar-refractivity contribution in [2.75, 3.05) is 6.54 Å². The first-order valence-electron chi connectivity index (χ1n) is 7.69. The van der Waals surface area contributed by atoms with Crippen molar-refractivity contribution in [2.24, 2.45) is 10.3 Å². The Morgan fingerprint density at radius 1 is 1.56 bits per heavy atom. The van der Waals surface area contributed by atoms with Crippen molar-refractivity contribution in [3.63, 3.8) is 0 Å². The molecule has 1 aromatic heterocycles. The Balaban J connectivity index is 1.73. The molecule has 2 aromatic rings. The molecular formula is C17H17FN4O3. The number of carbonyl (C=O) groups excluding carboxylic acids is 1. The Hall–Kier alpha value is -3.16. The molecule has 7 nitrogen and oxygen atoms in total. The predicted molar refractivity (Wildman–Crippen MR) is 89.8 cm³/mol. The molecule has 0 saturated carbocycles. The van der Waals surface area contributed by atoms with Gasteiger partial charge in [-0.15, -0.1) is 0 Å². The summed E-state index contributed by atoms with van der Waals surface area (Å²) >= 11 is 0. The zero-order valence-electron chi connectivity index (χ0n) is 13.5. The van der Waals surface area contributed by atoms with Gasteiger partial charge in [-0.2, -0.15) is 0 Å². The first-order chi connectivity index (χ1) is 12.1. The molecule has 0 radical (unpaired) electrons. The SMILES string of the molecule is CC(=O)NCC1CC(c2ccc(-n3ccc(C=NO)c3)c(F)c2)=NO1. The molecule has 8 heteroatoms. The van der Waals surface area contributed by atoms with E-state index in [0.29, 0.717) is 35.5 Å². The maximum absolute atomic E-state index is 14.5. The zero-order valence-corrected chi connectivity index (χ0v) is 13.5. The highest BCUT2D eigenvalue weighted by molar-refractivity contribution is 6.01. The molecule has 1 aliphatic rings. The molecule has 1 amide bonds. The van der Waals surface area contributed by atoms with Gasteiger partial charge in [-0.3, -0.25) is 4.79 Å². The molecule has 130 valence electrons. The van der Waals surface area contributed by atoms with E-state index in [1.54, 1.807) is 35.2 Å². The van der Waals surface area contributed by atoms with E-state index >= 15 is 0 Å². The van der Waals surface area contributed by atoms with Gasteiger partial charge in [0.1, 0.15) is 11.9 Å². The van der Waals surface area contributed by atoms with Crippen molar-refractivity contribution in [3.05, 3.63) is 53.6 Å². The zero-order chi connectivity index (χ0) is 17.8. The number of hydrogen-bond acceptors (Lipinski definition) is 5. The lowest BCUT2D eigenvalue weighted by molar-refractivity contribution is -0.119. The van der Waals surface area contributed by atoms with Gasteiger partial charge in [0.2, 0.25) is 5.91 Å². The summed E-state index contributed by atoms with van der Waals surface area (Å²) in [6.45, 7) is 1.80. The largest absolute Gasteiger partial charge is 0.411 e. The summed E-state index contributed by atoms with van der Waals surface area (Å²) in [6.07, 6.45) is 4.85. The number of amides is 1. The minimum Gasteiger partial charge on any atom is -0.411 e. The number of halogens is 1. The Kier molecular flexibility index (Phi) is 4.78. The standard InChI is InChI=1S/C17H17FN4O3/c1-11(23)19-9-14-7-16(21-25-14)13-2-3-17(15(18)6-13)22-5-4-12(10-22)8-20-24/h2-6,8,10,14,24H,7,9H2,1H3,(H,19,23). The molecule has 0 spiro atoms. The summed E-state index contributed by atoms with van der Waals surface area (Å²) in [5.41, 5.74) is 2.30. The van der Waals surface area contributed by atoms with Crippen LogP contribution in [0.5, 0.6) is 0 Å². The van der Waals surface area contributed by atoms with Crippen LogP contribution in [0.1, 0.15) is 24.5 Å². The molecule has 1 unspecified atom stereocenters. The second-order valence-corrected chi connectivity index (χ2v) is 5.67. The molecule has 3 rings (SSSR count). The van der Waals surface area contributed by atoms with Crippen LogP contribution in [0.3, 0.4) is 0 Å². The van der Waals surface area contributed by atoms with E-state index in [9.17, 15) is 9.18 Å². The molecular weight excluding hydrogens is 327 g/mol. The van der Waals surface area contributed by atoms with Crippen molar-refractivity contribution >= 4 is 17.8 Å². The number of aromatic nitrogens is 1. The second kappa shape index (κ2) is 7.16. The lowest BCUT2D eigenvalue weighted by Crippen LogP contribution is -2.30. The molecule has 1 aromatic carbocycles. The van der Waals surface area contributed by atoms with E-state index in [1.165, 1.54) is 19.2 Å². The lowest BCUT2D eigenvalue weighted by Gasteiger charge is -2.08. The molecule has 2 heterocycles.